The predicted octanol–water partition coefficient (Wildman–Crippen LogP) is 2.88. The van der Waals surface area contributed by atoms with Gasteiger partial charge in [-0.15, -0.1) is 0 Å². The maximum Gasteiger partial charge on any atom is 0.253 e. The van der Waals surface area contributed by atoms with Crippen LogP contribution in [-0.2, 0) is 16.6 Å². The zero-order valence-corrected chi connectivity index (χ0v) is 15.4. The Morgan fingerprint density at radius 3 is 2.19 bits per heavy atom. The largest absolute Gasteiger partial charge is 0.337 e. The molecule has 1 aliphatic heterocycles. The Labute approximate surface area is 153 Å². The number of hydrogen-bond acceptors (Lipinski definition) is 3. The number of benzene rings is 2. The number of rotatable bonds is 5. The van der Waals surface area contributed by atoms with Crippen molar-refractivity contribution in [3.05, 3.63) is 65.5 Å². The summed E-state index contributed by atoms with van der Waals surface area (Å²) < 4.78 is 39.5. The summed E-state index contributed by atoms with van der Waals surface area (Å²) in [6, 6.07) is 12.0. The van der Waals surface area contributed by atoms with E-state index in [0.29, 0.717) is 25.2 Å². The lowest BCUT2D eigenvalue weighted by Crippen LogP contribution is -2.28. The van der Waals surface area contributed by atoms with E-state index in [1.54, 1.807) is 19.2 Å². The highest BCUT2D eigenvalue weighted by molar-refractivity contribution is 7.89. The maximum atomic E-state index is 13.0. The van der Waals surface area contributed by atoms with Crippen LogP contribution in [-0.4, -0.2) is 43.7 Å². The van der Waals surface area contributed by atoms with Gasteiger partial charge in [-0.1, -0.05) is 12.1 Å². The minimum absolute atomic E-state index is 0.206. The van der Waals surface area contributed by atoms with E-state index in [1.165, 1.54) is 45.6 Å². The fraction of sp³-hybridized carbons (Fsp3) is 0.316. The summed E-state index contributed by atoms with van der Waals surface area (Å²) >= 11 is 0. The van der Waals surface area contributed by atoms with Crippen LogP contribution in [0.3, 0.4) is 0 Å². The molecule has 1 amide bonds. The molecule has 0 spiro atoms. The first-order valence-electron chi connectivity index (χ1n) is 8.48. The summed E-state index contributed by atoms with van der Waals surface area (Å²) in [6.45, 7) is 1.43. The Balaban J connectivity index is 1.71. The highest BCUT2D eigenvalue weighted by Gasteiger charge is 2.27. The molecule has 0 radical (unpaired) electrons. The minimum Gasteiger partial charge on any atom is -0.337 e. The van der Waals surface area contributed by atoms with E-state index in [0.717, 1.165) is 18.4 Å². The van der Waals surface area contributed by atoms with Crippen LogP contribution in [0.1, 0.15) is 28.8 Å². The van der Waals surface area contributed by atoms with Crippen LogP contribution in [0.2, 0.25) is 0 Å². The first-order chi connectivity index (χ1) is 12.4. The molecule has 138 valence electrons. The Kier molecular flexibility index (Phi) is 5.38. The van der Waals surface area contributed by atoms with Gasteiger partial charge in [-0.2, -0.15) is 4.31 Å². The number of nitrogens with zero attached hydrogens (tertiary/aromatic N) is 2. The highest BCUT2D eigenvalue weighted by atomic mass is 32.2. The lowest BCUT2D eigenvalue weighted by atomic mass is 10.1. The van der Waals surface area contributed by atoms with Crippen LogP contribution in [0.5, 0.6) is 0 Å². The monoisotopic (exact) mass is 376 g/mol. The van der Waals surface area contributed by atoms with E-state index in [-0.39, 0.29) is 16.6 Å². The van der Waals surface area contributed by atoms with Crippen molar-refractivity contribution in [3.8, 4) is 0 Å². The van der Waals surface area contributed by atoms with E-state index in [2.05, 4.69) is 0 Å². The van der Waals surface area contributed by atoms with Gasteiger partial charge in [0.25, 0.3) is 5.91 Å². The summed E-state index contributed by atoms with van der Waals surface area (Å²) in [5.41, 5.74) is 1.23. The molecule has 0 atom stereocenters. The topological polar surface area (TPSA) is 57.7 Å². The quantitative estimate of drug-likeness (QED) is 0.806. The second-order valence-corrected chi connectivity index (χ2v) is 8.36. The molecule has 0 aromatic heterocycles. The van der Waals surface area contributed by atoms with Crippen LogP contribution in [0, 0.1) is 5.82 Å². The summed E-state index contributed by atoms with van der Waals surface area (Å²) in [6.07, 6.45) is 1.76. The van der Waals surface area contributed by atoms with Crippen molar-refractivity contribution >= 4 is 15.9 Å². The standard InChI is InChI=1S/C19H21FN2O3S/c1-21(14-15-4-8-17(20)9-5-15)19(23)16-6-10-18(11-7-16)26(24,25)22-12-2-3-13-22/h4-11H,2-3,12-14H2,1H3. The summed E-state index contributed by atoms with van der Waals surface area (Å²) in [5, 5.41) is 0. The van der Waals surface area contributed by atoms with Crippen molar-refractivity contribution in [1.82, 2.24) is 9.21 Å². The third kappa shape index (κ3) is 3.94. The zero-order chi connectivity index (χ0) is 18.7. The molecule has 2 aromatic rings. The van der Waals surface area contributed by atoms with Gasteiger partial charge >= 0.3 is 0 Å². The molecule has 26 heavy (non-hydrogen) atoms. The van der Waals surface area contributed by atoms with Gasteiger partial charge in [0.1, 0.15) is 5.82 Å². The first kappa shape index (κ1) is 18.5. The molecule has 3 rings (SSSR count). The van der Waals surface area contributed by atoms with Gasteiger partial charge < -0.3 is 4.90 Å². The van der Waals surface area contributed by atoms with E-state index in [4.69, 9.17) is 0 Å². The Morgan fingerprint density at radius 1 is 1.04 bits per heavy atom. The number of carbonyl (C=O) groups excluding carboxylic acids is 1. The average Bonchev–Trinajstić information content (AvgIpc) is 3.18. The van der Waals surface area contributed by atoms with Crippen molar-refractivity contribution in [2.45, 2.75) is 24.3 Å². The Hall–Kier alpha value is -2.25. The molecule has 0 aliphatic carbocycles. The van der Waals surface area contributed by atoms with Crippen molar-refractivity contribution in [1.29, 1.82) is 0 Å². The fourth-order valence-corrected chi connectivity index (χ4v) is 4.52. The van der Waals surface area contributed by atoms with Crippen LogP contribution in [0.4, 0.5) is 4.39 Å². The molecular formula is C19H21FN2O3S. The lowest BCUT2D eigenvalue weighted by molar-refractivity contribution is 0.0785. The van der Waals surface area contributed by atoms with Gasteiger partial charge in [-0.3, -0.25) is 4.79 Å². The molecule has 1 fully saturated rings. The second-order valence-electron chi connectivity index (χ2n) is 6.42. The number of sulfonamides is 1. The van der Waals surface area contributed by atoms with Crippen LogP contribution >= 0.6 is 0 Å². The van der Waals surface area contributed by atoms with Gasteiger partial charge in [-0.05, 0) is 54.8 Å². The van der Waals surface area contributed by atoms with Crippen molar-refractivity contribution in [3.63, 3.8) is 0 Å². The van der Waals surface area contributed by atoms with Crippen molar-refractivity contribution < 1.29 is 17.6 Å². The minimum atomic E-state index is -3.48. The number of hydrogen-bond donors (Lipinski definition) is 0. The smallest absolute Gasteiger partial charge is 0.253 e. The zero-order valence-electron chi connectivity index (χ0n) is 14.6. The Bertz CT molecular complexity index is 874. The molecule has 0 bridgehead atoms. The first-order valence-corrected chi connectivity index (χ1v) is 9.92. The molecule has 0 saturated carbocycles. The molecular weight excluding hydrogens is 355 g/mol. The van der Waals surface area contributed by atoms with E-state index in [9.17, 15) is 17.6 Å². The SMILES string of the molecule is CN(Cc1ccc(F)cc1)C(=O)c1ccc(S(=O)(=O)N2CCCC2)cc1. The normalized spacial score (nSPS) is 15.2. The van der Waals surface area contributed by atoms with Gasteiger partial charge in [0.15, 0.2) is 0 Å². The number of carbonyl (C=O) groups is 1. The van der Waals surface area contributed by atoms with Crippen LogP contribution in [0.25, 0.3) is 0 Å². The van der Waals surface area contributed by atoms with E-state index >= 15 is 0 Å². The molecule has 5 nitrogen and oxygen atoms in total. The predicted molar refractivity (Wildman–Crippen MR) is 96.6 cm³/mol. The number of halogens is 1. The molecule has 0 unspecified atom stereocenters. The summed E-state index contributed by atoms with van der Waals surface area (Å²) in [4.78, 5) is 14.2. The third-order valence-corrected chi connectivity index (χ3v) is 6.40. The number of amides is 1. The third-order valence-electron chi connectivity index (χ3n) is 4.48. The molecule has 1 heterocycles. The molecule has 7 heteroatoms. The fourth-order valence-electron chi connectivity index (χ4n) is 3.00. The van der Waals surface area contributed by atoms with Crippen LogP contribution in [0.15, 0.2) is 53.4 Å². The van der Waals surface area contributed by atoms with E-state index in [1.807, 2.05) is 0 Å². The van der Waals surface area contributed by atoms with Crippen LogP contribution < -0.4 is 0 Å². The highest BCUT2D eigenvalue weighted by Crippen LogP contribution is 2.21. The second kappa shape index (κ2) is 7.55. The molecule has 1 aliphatic rings. The molecule has 1 saturated heterocycles. The molecule has 2 aromatic carbocycles. The average molecular weight is 376 g/mol. The van der Waals surface area contributed by atoms with Crippen molar-refractivity contribution in [2.24, 2.45) is 0 Å². The molecule has 0 N–H and O–H groups in total. The van der Waals surface area contributed by atoms with Gasteiger partial charge in [-0.25, -0.2) is 12.8 Å². The van der Waals surface area contributed by atoms with Crippen molar-refractivity contribution in [2.75, 3.05) is 20.1 Å². The summed E-state index contributed by atoms with van der Waals surface area (Å²) in [5.74, 6) is -0.544. The summed E-state index contributed by atoms with van der Waals surface area (Å²) in [7, 11) is -1.83. The van der Waals surface area contributed by atoms with Gasteiger partial charge in [0, 0.05) is 32.2 Å². The van der Waals surface area contributed by atoms with Gasteiger partial charge in [0.05, 0.1) is 4.90 Å². The van der Waals surface area contributed by atoms with E-state index < -0.39 is 10.0 Å². The lowest BCUT2D eigenvalue weighted by Gasteiger charge is -2.18. The maximum absolute atomic E-state index is 13.0. The Morgan fingerprint density at radius 2 is 1.62 bits per heavy atom. The van der Waals surface area contributed by atoms with Gasteiger partial charge in [0.2, 0.25) is 10.0 Å².